The number of ether oxygens (including phenoxy) is 1. The Morgan fingerprint density at radius 2 is 1.83 bits per heavy atom. The number of nitrogens with one attached hydrogen (secondary N) is 1. The van der Waals surface area contributed by atoms with E-state index in [0.29, 0.717) is 27.4 Å². The Bertz CT molecular complexity index is 671. The molecule has 0 saturated carbocycles. The number of carbonyl (C=O) groups excluding carboxylic acids is 1. The number of hydrogen-bond acceptors (Lipinski definition) is 2. The first-order valence-corrected chi connectivity index (χ1v) is 8.23. The fourth-order valence-electron chi connectivity index (χ4n) is 2.05. The largest absolute Gasteiger partial charge is 0.484 e. The van der Waals surface area contributed by atoms with Crippen molar-refractivity contribution < 1.29 is 9.53 Å². The lowest BCUT2D eigenvalue weighted by Crippen LogP contribution is -2.20. The molecule has 23 heavy (non-hydrogen) atoms. The molecule has 1 unspecified atom stereocenters. The third-order valence-electron chi connectivity index (χ3n) is 3.63. The van der Waals surface area contributed by atoms with Crippen LogP contribution in [0.4, 0.5) is 5.69 Å². The molecule has 2 rings (SSSR count). The summed E-state index contributed by atoms with van der Waals surface area (Å²) in [6.45, 7) is 4.27. The van der Waals surface area contributed by atoms with Gasteiger partial charge in [-0.3, -0.25) is 4.79 Å². The second-order valence-electron chi connectivity index (χ2n) is 5.34. The van der Waals surface area contributed by atoms with Gasteiger partial charge in [-0.1, -0.05) is 49.2 Å². The fourth-order valence-corrected chi connectivity index (χ4v) is 2.35. The first-order chi connectivity index (χ1) is 11.0. The molecule has 0 radical (unpaired) electrons. The lowest BCUT2D eigenvalue weighted by molar-refractivity contribution is -0.118. The van der Waals surface area contributed by atoms with E-state index in [4.69, 9.17) is 27.9 Å². The molecule has 2 aromatic rings. The van der Waals surface area contributed by atoms with Crippen molar-refractivity contribution >= 4 is 34.8 Å². The van der Waals surface area contributed by atoms with Crippen LogP contribution in [0, 0.1) is 0 Å². The average molecular weight is 352 g/mol. The van der Waals surface area contributed by atoms with Crippen LogP contribution in [0.3, 0.4) is 0 Å². The highest BCUT2D eigenvalue weighted by atomic mass is 35.5. The van der Waals surface area contributed by atoms with E-state index in [2.05, 4.69) is 19.2 Å². The van der Waals surface area contributed by atoms with Crippen LogP contribution in [0.15, 0.2) is 42.5 Å². The number of hydrogen-bond donors (Lipinski definition) is 1. The van der Waals surface area contributed by atoms with E-state index in [1.165, 1.54) is 5.56 Å². The van der Waals surface area contributed by atoms with E-state index in [1.54, 1.807) is 18.2 Å². The van der Waals surface area contributed by atoms with Crippen LogP contribution in [0.25, 0.3) is 0 Å². The molecule has 0 bridgehead atoms. The van der Waals surface area contributed by atoms with Crippen molar-refractivity contribution in [3.8, 4) is 5.75 Å². The third-order valence-corrected chi connectivity index (χ3v) is 4.37. The summed E-state index contributed by atoms with van der Waals surface area (Å²) in [4.78, 5) is 11.9. The molecule has 0 fully saturated rings. The van der Waals surface area contributed by atoms with Gasteiger partial charge in [0.15, 0.2) is 6.61 Å². The third kappa shape index (κ3) is 5.15. The molecule has 0 aliphatic heterocycles. The summed E-state index contributed by atoms with van der Waals surface area (Å²) in [5, 5.41) is 3.55. The SMILES string of the molecule is CCC(C)c1ccc(OCC(=O)Nc2ccc(Cl)c(Cl)c2)cc1. The highest BCUT2D eigenvalue weighted by Gasteiger charge is 2.07. The molecule has 1 N–H and O–H groups in total. The predicted octanol–water partition coefficient (Wildman–Crippen LogP) is 5.52. The van der Waals surface area contributed by atoms with E-state index < -0.39 is 0 Å². The smallest absolute Gasteiger partial charge is 0.262 e. The molecule has 122 valence electrons. The monoisotopic (exact) mass is 351 g/mol. The zero-order chi connectivity index (χ0) is 16.8. The van der Waals surface area contributed by atoms with Crippen LogP contribution in [0.1, 0.15) is 31.7 Å². The van der Waals surface area contributed by atoms with Gasteiger partial charge in [0.2, 0.25) is 0 Å². The minimum absolute atomic E-state index is 0.0665. The zero-order valence-electron chi connectivity index (χ0n) is 13.1. The number of amides is 1. The quantitative estimate of drug-likeness (QED) is 0.743. The van der Waals surface area contributed by atoms with E-state index in [0.717, 1.165) is 6.42 Å². The number of anilines is 1. The maximum Gasteiger partial charge on any atom is 0.262 e. The second kappa shape index (κ2) is 8.23. The van der Waals surface area contributed by atoms with Gasteiger partial charge in [-0.25, -0.2) is 0 Å². The molecule has 0 aliphatic rings. The van der Waals surface area contributed by atoms with Crippen LogP contribution >= 0.6 is 23.2 Å². The molecular weight excluding hydrogens is 333 g/mol. The highest BCUT2D eigenvalue weighted by molar-refractivity contribution is 6.42. The van der Waals surface area contributed by atoms with E-state index in [1.807, 2.05) is 24.3 Å². The molecule has 0 heterocycles. The Labute approximate surface area is 146 Å². The van der Waals surface area contributed by atoms with Gasteiger partial charge in [0, 0.05) is 5.69 Å². The van der Waals surface area contributed by atoms with Gasteiger partial charge in [0.05, 0.1) is 10.0 Å². The minimum atomic E-state index is -0.255. The van der Waals surface area contributed by atoms with Gasteiger partial charge >= 0.3 is 0 Å². The van der Waals surface area contributed by atoms with Gasteiger partial charge in [0.25, 0.3) is 5.91 Å². The van der Waals surface area contributed by atoms with Gasteiger partial charge in [-0.15, -0.1) is 0 Å². The Hall–Kier alpha value is -1.71. The molecule has 1 atom stereocenters. The van der Waals surface area contributed by atoms with Crippen molar-refractivity contribution in [2.24, 2.45) is 0 Å². The van der Waals surface area contributed by atoms with Crippen LogP contribution in [-0.2, 0) is 4.79 Å². The van der Waals surface area contributed by atoms with Gasteiger partial charge in [-0.05, 0) is 48.2 Å². The molecule has 0 spiro atoms. The van der Waals surface area contributed by atoms with Gasteiger partial charge in [-0.2, -0.15) is 0 Å². The molecule has 3 nitrogen and oxygen atoms in total. The summed E-state index contributed by atoms with van der Waals surface area (Å²) in [6, 6.07) is 12.7. The Kier molecular flexibility index (Phi) is 6.31. The van der Waals surface area contributed by atoms with Crippen LogP contribution < -0.4 is 10.1 Å². The summed E-state index contributed by atoms with van der Waals surface area (Å²) in [6.07, 6.45) is 1.09. The van der Waals surface area contributed by atoms with Crippen molar-refractivity contribution in [3.63, 3.8) is 0 Å². The molecule has 2 aromatic carbocycles. The summed E-state index contributed by atoms with van der Waals surface area (Å²) in [5.41, 5.74) is 1.85. The predicted molar refractivity (Wildman–Crippen MR) is 95.7 cm³/mol. The maximum atomic E-state index is 11.9. The first-order valence-electron chi connectivity index (χ1n) is 7.47. The molecule has 0 aliphatic carbocycles. The lowest BCUT2D eigenvalue weighted by Gasteiger charge is -2.11. The summed E-state index contributed by atoms with van der Waals surface area (Å²) >= 11 is 11.7. The number of rotatable bonds is 6. The van der Waals surface area contributed by atoms with Crippen molar-refractivity contribution in [2.75, 3.05) is 11.9 Å². The Morgan fingerprint density at radius 3 is 2.43 bits per heavy atom. The van der Waals surface area contributed by atoms with E-state index in [-0.39, 0.29) is 12.5 Å². The number of halogens is 2. The Morgan fingerprint density at radius 1 is 1.13 bits per heavy atom. The fraction of sp³-hybridized carbons (Fsp3) is 0.278. The van der Waals surface area contributed by atoms with E-state index >= 15 is 0 Å². The maximum absolute atomic E-state index is 11.9. The minimum Gasteiger partial charge on any atom is -0.484 e. The number of carbonyl (C=O) groups is 1. The van der Waals surface area contributed by atoms with Crippen molar-refractivity contribution in [2.45, 2.75) is 26.2 Å². The molecule has 5 heteroatoms. The average Bonchev–Trinajstić information content (AvgIpc) is 2.56. The second-order valence-corrected chi connectivity index (χ2v) is 6.16. The van der Waals surface area contributed by atoms with Crippen molar-refractivity contribution in [1.29, 1.82) is 0 Å². The van der Waals surface area contributed by atoms with Gasteiger partial charge < -0.3 is 10.1 Å². The summed E-state index contributed by atoms with van der Waals surface area (Å²) in [5.74, 6) is 0.928. The molecule has 1 amide bonds. The zero-order valence-corrected chi connectivity index (χ0v) is 14.6. The van der Waals surface area contributed by atoms with Gasteiger partial charge in [0.1, 0.15) is 5.75 Å². The molecule has 0 aromatic heterocycles. The van der Waals surface area contributed by atoms with Crippen LogP contribution in [-0.4, -0.2) is 12.5 Å². The highest BCUT2D eigenvalue weighted by Crippen LogP contribution is 2.25. The topological polar surface area (TPSA) is 38.3 Å². The Balaban J connectivity index is 1.87. The molecule has 0 saturated heterocycles. The van der Waals surface area contributed by atoms with Crippen LogP contribution in [0.5, 0.6) is 5.75 Å². The normalized spacial score (nSPS) is 11.8. The standard InChI is InChI=1S/C18H19Cl2NO2/c1-3-12(2)13-4-7-15(8-5-13)23-11-18(22)21-14-6-9-16(19)17(20)10-14/h4-10,12H,3,11H2,1-2H3,(H,21,22). The molecular formula is C18H19Cl2NO2. The first kappa shape index (κ1) is 17.6. The van der Waals surface area contributed by atoms with Crippen LogP contribution in [0.2, 0.25) is 10.0 Å². The summed E-state index contributed by atoms with van der Waals surface area (Å²) in [7, 11) is 0. The van der Waals surface area contributed by atoms with Crippen molar-refractivity contribution in [1.82, 2.24) is 0 Å². The van der Waals surface area contributed by atoms with Crippen molar-refractivity contribution in [3.05, 3.63) is 58.1 Å². The summed E-state index contributed by atoms with van der Waals surface area (Å²) < 4.78 is 5.49. The number of benzene rings is 2. The lowest BCUT2D eigenvalue weighted by atomic mass is 9.99. The van der Waals surface area contributed by atoms with E-state index in [9.17, 15) is 4.79 Å².